The van der Waals surface area contributed by atoms with Gasteiger partial charge in [0.1, 0.15) is 6.61 Å². The average molecular weight is 392 g/mol. The number of aliphatic hydroxyl groups is 1. The van der Waals surface area contributed by atoms with Gasteiger partial charge in [0.15, 0.2) is 11.5 Å². The highest BCUT2D eigenvalue weighted by Gasteiger charge is 2.27. The SMILES string of the molecule is CC(Cc1ccc2c(c1)OC[C@H](C(=O)O)O2)NCC(O)c1cccc(Cl)c1. The third kappa shape index (κ3) is 5.13. The van der Waals surface area contributed by atoms with Crippen molar-refractivity contribution in [1.82, 2.24) is 5.32 Å². The molecular weight excluding hydrogens is 370 g/mol. The summed E-state index contributed by atoms with van der Waals surface area (Å²) in [6.07, 6.45) is -0.891. The van der Waals surface area contributed by atoms with Crippen molar-refractivity contribution in [2.75, 3.05) is 13.2 Å². The minimum atomic E-state index is -1.04. The Labute approximate surface area is 162 Å². The molecule has 3 atom stereocenters. The Morgan fingerprint density at radius 1 is 1.30 bits per heavy atom. The van der Waals surface area contributed by atoms with Crippen molar-refractivity contribution in [2.24, 2.45) is 0 Å². The Bertz CT molecular complexity index is 813. The number of carboxylic acid groups (broad SMARTS) is 1. The Morgan fingerprint density at radius 3 is 2.85 bits per heavy atom. The van der Waals surface area contributed by atoms with Crippen molar-refractivity contribution in [3.63, 3.8) is 0 Å². The quantitative estimate of drug-likeness (QED) is 0.672. The van der Waals surface area contributed by atoms with Crippen LogP contribution >= 0.6 is 11.6 Å². The van der Waals surface area contributed by atoms with Crippen LogP contribution in [0.1, 0.15) is 24.2 Å². The monoisotopic (exact) mass is 391 g/mol. The molecule has 6 nitrogen and oxygen atoms in total. The van der Waals surface area contributed by atoms with E-state index in [1.54, 1.807) is 18.2 Å². The van der Waals surface area contributed by atoms with Crippen molar-refractivity contribution in [1.29, 1.82) is 0 Å². The molecule has 1 heterocycles. The van der Waals surface area contributed by atoms with Crippen LogP contribution in [0.2, 0.25) is 5.02 Å². The summed E-state index contributed by atoms with van der Waals surface area (Å²) in [6, 6.07) is 12.8. The molecule has 0 amide bonds. The van der Waals surface area contributed by atoms with Gasteiger partial charge in [-0.3, -0.25) is 0 Å². The molecule has 0 spiro atoms. The van der Waals surface area contributed by atoms with Crippen LogP contribution in [0.25, 0.3) is 0 Å². The summed E-state index contributed by atoms with van der Waals surface area (Å²) >= 11 is 5.96. The van der Waals surface area contributed by atoms with E-state index in [-0.39, 0.29) is 12.6 Å². The van der Waals surface area contributed by atoms with Crippen LogP contribution in [-0.4, -0.2) is 41.5 Å². The van der Waals surface area contributed by atoms with Crippen LogP contribution in [0, 0.1) is 0 Å². The molecule has 7 heteroatoms. The first-order valence-corrected chi connectivity index (χ1v) is 9.12. The largest absolute Gasteiger partial charge is 0.485 e. The number of carboxylic acids is 1. The standard InChI is InChI=1S/C20H22ClNO5/c1-12(22-10-16(23)14-3-2-4-15(21)9-14)7-13-5-6-17-18(8-13)26-11-19(27-17)20(24)25/h2-6,8-9,12,16,19,22-23H,7,10-11H2,1H3,(H,24,25)/t12?,16?,19-/m1/s1. The highest BCUT2D eigenvalue weighted by Crippen LogP contribution is 2.33. The Hall–Kier alpha value is -2.28. The molecule has 144 valence electrons. The third-order valence-electron chi connectivity index (χ3n) is 4.38. The van der Waals surface area contributed by atoms with E-state index < -0.39 is 18.2 Å². The molecule has 0 aromatic heterocycles. The van der Waals surface area contributed by atoms with Gasteiger partial charge >= 0.3 is 5.97 Å². The molecule has 2 aromatic carbocycles. The molecule has 3 N–H and O–H groups in total. The van der Waals surface area contributed by atoms with E-state index in [1.807, 2.05) is 31.2 Å². The predicted molar refractivity (Wildman–Crippen MR) is 102 cm³/mol. The Morgan fingerprint density at radius 2 is 2.11 bits per heavy atom. The average Bonchev–Trinajstić information content (AvgIpc) is 2.65. The summed E-state index contributed by atoms with van der Waals surface area (Å²) in [5.41, 5.74) is 1.80. The molecule has 27 heavy (non-hydrogen) atoms. The fourth-order valence-corrected chi connectivity index (χ4v) is 3.13. The van der Waals surface area contributed by atoms with Crippen molar-refractivity contribution < 1.29 is 24.5 Å². The summed E-state index contributed by atoms with van der Waals surface area (Å²) in [6.45, 7) is 2.43. The van der Waals surface area contributed by atoms with Gasteiger partial charge in [0.2, 0.25) is 6.10 Å². The summed E-state index contributed by atoms with van der Waals surface area (Å²) < 4.78 is 10.9. The predicted octanol–water partition coefficient (Wildman–Crippen LogP) is 2.82. The van der Waals surface area contributed by atoms with Crippen LogP contribution in [-0.2, 0) is 11.2 Å². The molecule has 3 rings (SSSR count). The molecule has 0 aliphatic carbocycles. The molecule has 2 unspecified atom stereocenters. The zero-order valence-electron chi connectivity index (χ0n) is 14.9. The molecule has 0 saturated heterocycles. The van der Waals surface area contributed by atoms with Crippen LogP contribution in [0.3, 0.4) is 0 Å². The lowest BCUT2D eigenvalue weighted by molar-refractivity contribution is -0.147. The first-order chi connectivity index (χ1) is 12.9. The van der Waals surface area contributed by atoms with E-state index in [2.05, 4.69) is 5.32 Å². The summed E-state index contributed by atoms with van der Waals surface area (Å²) in [7, 11) is 0. The molecule has 2 aromatic rings. The van der Waals surface area contributed by atoms with Crippen molar-refractivity contribution in [3.8, 4) is 11.5 Å². The maximum Gasteiger partial charge on any atom is 0.348 e. The number of carbonyl (C=O) groups is 1. The van der Waals surface area contributed by atoms with E-state index in [0.29, 0.717) is 23.1 Å². The van der Waals surface area contributed by atoms with Gasteiger partial charge in [0.05, 0.1) is 6.10 Å². The zero-order chi connectivity index (χ0) is 19.4. The Kier molecular flexibility index (Phi) is 6.21. The first-order valence-electron chi connectivity index (χ1n) is 8.74. The van der Waals surface area contributed by atoms with Gasteiger partial charge in [-0.05, 0) is 48.7 Å². The van der Waals surface area contributed by atoms with Gasteiger partial charge in [0.25, 0.3) is 0 Å². The van der Waals surface area contributed by atoms with Crippen molar-refractivity contribution in [2.45, 2.75) is 31.6 Å². The van der Waals surface area contributed by atoms with E-state index in [0.717, 1.165) is 17.5 Å². The zero-order valence-corrected chi connectivity index (χ0v) is 15.6. The molecule has 1 aliphatic rings. The lowest BCUT2D eigenvalue weighted by Crippen LogP contribution is -2.36. The minimum absolute atomic E-state index is 0.00851. The maximum absolute atomic E-state index is 11.0. The van der Waals surface area contributed by atoms with Gasteiger partial charge < -0.3 is 25.0 Å². The van der Waals surface area contributed by atoms with Gasteiger partial charge in [-0.2, -0.15) is 0 Å². The van der Waals surface area contributed by atoms with Gasteiger partial charge in [-0.1, -0.05) is 29.8 Å². The molecular formula is C20H22ClNO5. The second-order valence-corrected chi connectivity index (χ2v) is 7.06. The lowest BCUT2D eigenvalue weighted by atomic mass is 10.0. The van der Waals surface area contributed by atoms with Crippen LogP contribution in [0.15, 0.2) is 42.5 Å². The molecule has 0 bridgehead atoms. The topological polar surface area (TPSA) is 88.0 Å². The highest BCUT2D eigenvalue weighted by molar-refractivity contribution is 6.30. The summed E-state index contributed by atoms with van der Waals surface area (Å²) in [4.78, 5) is 11.0. The number of rotatable bonds is 7. The van der Waals surface area contributed by atoms with Crippen molar-refractivity contribution >= 4 is 17.6 Å². The van der Waals surface area contributed by atoms with E-state index in [9.17, 15) is 9.90 Å². The normalized spacial score (nSPS) is 18.0. The molecule has 1 aliphatic heterocycles. The summed E-state index contributed by atoms with van der Waals surface area (Å²) in [5.74, 6) is -0.0497. The fourth-order valence-electron chi connectivity index (χ4n) is 2.93. The van der Waals surface area contributed by atoms with E-state index in [1.165, 1.54) is 0 Å². The highest BCUT2D eigenvalue weighted by atomic mass is 35.5. The van der Waals surface area contributed by atoms with Crippen LogP contribution in [0.4, 0.5) is 0 Å². The van der Waals surface area contributed by atoms with Gasteiger partial charge in [0, 0.05) is 17.6 Å². The number of nitrogens with one attached hydrogen (secondary N) is 1. The number of hydrogen-bond donors (Lipinski definition) is 3. The van der Waals surface area contributed by atoms with Crippen LogP contribution < -0.4 is 14.8 Å². The first kappa shape index (κ1) is 19.5. The van der Waals surface area contributed by atoms with Gasteiger partial charge in [-0.15, -0.1) is 0 Å². The third-order valence-corrected chi connectivity index (χ3v) is 4.61. The second kappa shape index (κ2) is 8.61. The number of ether oxygens (including phenoxy) is 2. The smallest absolute Gasteiger partial charge is 0.348 e. The van der Waals surface area contributed by atoms with E-state index >= 15 is 0 Å². The van der Waals surface area contributed by atoms with Crippen LogP contribution in [0.5, 0.6) is 11.5 Å². The Balaban J connectivity index is 1.54. The van der Waals surface area contributed by atoms with Gasteiger partial charge in [-0.25, -0.2) is 4.79 Å². The molecule has 0 radical (unpaired) electrons. The van der Waals surface area contributed by atoms with E-state index in [4.69, 9.17) is 26.2 Å². The number of aliphatic hydroxyl groups excluding tert-OH is 1. The molecule has 0 saturated carbocycles. The van der Waals surface area contributed by atoms with Crippen molar-refractivity contribution in [3.05, 3.63) is 58.6 Å². The fraction of sp³-hybridized carbons (Fsp3) is 0.350. The maximum atomic E-state index is 11.0. The summed E-state index contributed by atoms with van der Waals surface area (Å²) in [5, 5.41) is 23.2. The second-order valence-electron chi connectivity index (χ2n) is 6.62. The number of benzene rings is 2. The number of halogens is 1. The lowest BCUT2D eigenvalue weighted by Gasteiger charge is -2.24. The number of fused-ring (bicyclic) bond motifs is 1. The molecule has 0 fully saturated rings. The number of aliphatic carboxylic acids is 1. The minimum Gasteiger partial charge on any atom is -0.485 e. The number of hydrogen-bond acceptors (Lipinski definition) is 5.